The van der Waals surface area contributed by atoms with Crippen molar-refractivity contribution in [1.29, 1.82) is 0 Å². The molecule has 1 aromatic heterocycles. The normalized spacial score (nSPS) is 13.8. The largest absolute Gasteiger partial charge is 0.497 e. The Morgan fingerprint density at radius 1 is 1.24 bits per heavy atom. The van der Waals surface area contributed by atoms with Crippen molar-refractivity contribution in [3.8, 4) is 5.75 Å². The number of carbonyl (C=O) groups excluding carboxylic acids is 1. The Morgan fingerprint density at radius 3 is 2.93 bits per heavy atom. The summed E-state index contributed by atoms with van der Waals surface area (Å²) in [4.78, 5) is 19.4. The van der Waals surface area contributed by atoms with Crippen molar-refractivity contribution >= 4 is 45.6 Å². The minimum absolute atomic E-state index is 0.320. The molecule has 2 aromatic carbocycles. The molecule has 8 heteroatoms. The molecule has 0 saturated heterocycles. The molecule has 3 aromatic rings. The predicted molar refractivity (Wildman–Crippen MR) is 117 cm³/mol. The maximum absolute atomic E-state index is 12.5. The number of rotatable bonds is 5. The van der Waals surface area contributed by atoms with Gasteiger partial charge in [-0.05, 0) is 47.9 Å². The minimum Gasteiger partial charge on any atom is -0.497 e. The van der Waals surface area contributed by atoms with Crippen LogP contribution in [0.1, 0.15) is 27.2 Å². The first-order valence-corrected chi connectivity index (χ1v) is 10.7. The van der Waals surface area contributed by atoms with Gasteiger partial charge in [-0.15, -0.1) is 11.3 Å². The summed E-state index contributed by atoms with van der Waals surface area (Å²) < 4.78 is 5.31. The van der Waals surface area contributed by atoms with Crippen LogP contribution in [0.3, 0.4) is 0 Å². The third kappa shape index (κ3) is 4.73. The van der Waals surface area contributed by atoms with Gasteiger partial charge in [-0.25, -0.2) is 4.98 Å². The number of anilines is 1. The van der Waals surface area contributed by atoms with Crippen LogP contribution in [-0.2, 0) is 19.5 Å². The number of amides is 1. The molecule has 1 aliphatic rings. The SMILES string of the molecule is COc1ccc2c(c1)CCN(Cc1csc(NC(=O)c3cc(Cl)ccc3Cl)n1)C2. The van der Waals surface area contributed by atoms with E-state index >= 15 is 0 Å². The van der Waals surface area contributed by atoms with Crippen molar-refractivity contribution in [2.75, 3.05) is 19.0 Å². The number of aromatic nitrogens is 1. The van der Waals surface area contributed by atoms with Gasteiger partial charge in [-0.1, -0.05) is 29.3 Å². The number of methoxy groups -OCH3 is 1. The van der Waals surface area contributed by atoms with Crippen LogP contribution in [-0.4, -0.2) is 29.4 Å². The van der Waals surface area contributed by atoms with Crippen molar-refractivity contribution in [2.24, 2.45) is 0 Å². The number of thiazole rings is 1. The Kier molecular flexibility index (Phi) is 6.06. The van der Waals surface area contributed by atoms with Crippen molar-refractivity contribution in [2.45, 2.75) is 19.5 Å². The van der Waals surface area contributed by atoms with Crippen LogP contribution < -0.4 is 10.1 Å². The summed E-state index contributed by atoms with van der Waals surface area (Å²) in [7, 11) is 1.69. The number of halogens is 2. The van der Waals surface area contributed by atoms with Gasteiger partial charge in [0, 0.05) is 30.0 Å². The van der Waals surface area contributed by atoms with E-state index in [1.807, 2.05) is 11.4 Å². The maximum atomic E-state index is 12.5. The molecule has 1 N–H and O–H groups in total. The lowest BCUT2D eigenvalue weighted by molar-refractivity contribution is 0.102. The average molecular weight is 448 g/mol. The second-order valence-electron chi connectivity index (χ2n) is 6.82. The lowest BCUT2D eigenvalue weighted by Crippen LogP contribution is -2.30. The number of hydrogen-bond acceptors (Lipinski definition) is 5. The number of fused-ring (bicyclic) bond motifs is 1. The highest BCUT2D eigenvalue weighted by molar-refractivity contribution is 7.14. The first-order valence-electron chi connectivity index (χ1n) is 9.11. The van der Waals surface area contributed by atoms with Gasteiger partial charge in [-0.2, -0.15) is 0 Å². The molecule has 2 heterocycles. The third-order valence-electron chi connectivity index (χ3n) is 4.84. The second-order valence-corrected chi connectivity index (χ2v) is 8.52. The molecule has 0 unspecified atom stereocenters. The minimum atomic E-state index is -0.320. The summed E-state index contributed by atoms with van der Waals surface area (Å²) in [6.45, 7) is 2.56. The highest BCUT2D eigenvalue weighted by atomic mass is 35.5. The summed E-state index contributed by atoms with van der Waals surface area (Å²) in [6, 6.07) is 11.0. The Morgan fingerprint density at radius 2 is 2.10 bits per heavy atom. The Hall–Kier alpha value is -2.12. The zero-order chi connectivity index (χ0) is 20.4. The summed E-state index contributed by atoms with van der Waals surface area (Å²) in [5.74, 6) is 0.580. The molecular weight excluding hydrogens is 429 g/mol. The fourth-order valence-corrected chi connectivity index (χ4v) is 4.42. The van der Waals surface area contributed by atoms with Crippen LogP contribution in [0.15, 0.2) is 41.8 Å². The van der Waals surface area contributed by atoms with Crippen molar-refractivity contribution in [1.82, 2.24) is 9.88 Å². The second kappa shape index (κ2) is 8.71. The summed E-state index contributed by atoms with van der Waals surface area (Å²) in [5.41, 5.74) is 3.92. The topological polar surface area (TPSA) is 54.5 Å². The fourth-order valence-electron chi connectivity index (χ4n) is 3.35. The van der Waals surface area contributed by atoms with Crippen LogP contribution in [0.25, 0.3) is 0 Å². The molecule has 0 bridgehead atoms. The molecule has 4 rings (SSSR count). The van der Waals surface area contributed by atoms with Crippen LogP contribution in [0.4, 0.5) is 5.13 Å². The number of nitrogens with zero attached hydrogens (tertiary/aromatic N) is 2. The number of hydrogen-bond donors (Lipinski definition) is 1. The third-order valence-corrected chi connectivity index (χ3v) is 6.21. The quantitative estimate of drug-likeness (QED) is 0.578. The van der Waals surface area contributed by atoms with E-state index in [-0.39, 0.29) is 5.91 Å². The van der Waals surface area contributed by atoms with Gasteiger partial charge < -0.3 is 4.74 Å². The van der Waals surface area contributed by atoms with Gasteiger partial charge in [0.05, 0.1) is 23.4 Å². The molecule has 1 amide bonds. The van der Waals surface area contributed by atoms with Crippen LogP contribution >= 0.6 is 34.5 Å². The molecule has 1 aliphatic heterocycles. The molecule has 29 heavy (non-hydrogen) atoms. The van der Waals surface area contributed by atoms with E-state index in [2.05, 4.69) is 27.3 Å². The molecule has 0 spiro atoms. The predicted octanol–water partition coefficient (Wildman–Crippen LogP) is 5.27. The number of carbonyl (C=O) groups is 1. The molecule has 5 nitrogen and oxygen atoms in total. The fraction of sp³-hybridized carbons (Fsp3) is 0.238. The smallest absolute Gasteiger partial charge is 0.259 e. The van der Waals surface area contributed by atoms with Gasteiger partial charge in [0.2, 0.25) is 0 Å². The number of nitrogens with one attached hydrogen (secondary N) is 1. The van der Waals surface area contributed by atoms with Crippen LogP contribution in [0.2, 0.25) is 10.0 Å². The molecule has 0 fully saturated rings. The molecule has 0 saturated carbocycles. The van der Waals surface area contributed by atoms with Gasteiger partial charge in [0.1, 0.15) is 5.75 Å². The zero-order valence-corrected chi connectivity index (χ0v) is 18.1. The van der Waals surface area contributed by atoms with E-state index in [1.54, 1.807) is 25.3 Å². The van der Waals surface area contributed by atoms with Crippen LogP contribution in [0.5, 0.6) is 5.75 Å². The van der Waals surface area contributed by atoms with Crippen LogP contribution in [0, 0.1) is 0 Å². The lowest BCUT2D eigenvalue weighted by atomic mass is 9.99. The van der Waals surface area contributed by atoms with E-state index < -0.39 is 0 Å². The molecule has 0 atom stereocenters. The first kappa shape index (κ1) is 20.2. The molecule has 0 aliphatic carbocycles. The summed E-state index contributed by atoms with van der Waals surface area (Å²) in [6.07, 6.45) is 0.980. The van der Waals surface area contributed by atoms with Crippen molar-refractivity contribution < 1.29 is 9.53 Å². The van der Waals surface area contributed by atoms with Gasteiger partial charge in [0.15, 0.2) is 5.13 Å². The van der Waals surface area contributed by atoms with E-state index in [0.717, 1.165) is 37.5 Å². The van der Waals surface area contributed by atoms with Gasteiger partial charge in [-0.3, -0.25) is 15.0 Å². The average Bonchev–Trinajstić information content (AvgIpc) is 3.15. The molecule has 150 valence electrons. The summed E-state index contributed by atoms with van der Waals surface area (Å²) >= 11 is 13.5. The lowest BCUT2D eigenvalue weighted by Gasteiger charge is -2.28. The highest BCUT2D eigenvalue weighted by Gasteiger charge is 2.19. The van der Waals surface area contributed by atoms with E-state index in [0.29, 0.717) is 20.7 Å². The standard InChI is InChI=1S/C21H19Cl2N3O2S/c1-28-17-4-2-14-10-26(7-6-13(14)8-17)11-16-12-29-21(24-16)25-20(27)18-9-15(22)3-5-19(18)23/h2-5,8-9,12H,6-7,10-11H2,1H3,(H,24,25,27). The Bertz CT molecular complexity index is 1050. The monoisotopic (exact) mass is 447 g/mol. The van der Waals surface area contributed by atoms with E-state index in [1.165, 1.54) is 22.5 Å². The maximum Gasteiger partial charge on any atom is 0.259 e. The number of benzene rings is 2. The van der Waals surface area contributed by atoms with Crippen molar-refractivity contribution in [3.63, 3.8) is 0 Å². The molecular formula is C21H19Cl2N3O2S. The molecule has 0 radical (unpaired) electrons. The van der Waals surface area contributed by atoms with Crippen molar-refractivity contribution in [3.05, 3.63) is 74.2 Å². The highest BCUT2D eigenvalue weighted by Crippen LogP contribution is 2.26. The van der Waals surface area contributed by atoms with E-state index in [9.17, 15) is 4.79 Å². The zero-order valence-electron chi connectivity index (χ0n) is 15.7. The van der Waals surface area contributed by atoms with Gasteiger partial charge in [0.25, 0.3) is 5.91 Å². The Balaban J connectivity index is 1.39. The number of ether oxygens (including phenoxy) is 1. The van der Waals surface area contributed by atoms with Gasteiger partial charge >= 0.3 is 0 Å². The summed E-state index contributed by atoms with van der Waals surface area (Å²) in [5, 5.41) is 6.14. The Labute approximate surface area is 183 Å². The van der Waals surface area contributed by atoms with E-state index in [4.69, 9.17) is 27.9 Å². The first-order chi connectivity index (χ1) is 14.0.